The van der Waals surface area contributed by atoms with E-state index in [0.29, 0.717) is 29.8 Å². The van der Waals surface area contributed by atoms with Crippen LogP contribution in [0.3, 0.4) is 0 Å². The van der Waals surface area contributed by atoms with Crippen molar-refractivity contribution in [3.63, 3.8) is 0 Å². The fourth-order valence-electron chi connectivity index (χ4n) is 3.80. The van der Waals surface area contributed by atoms with Gasteiger partial charge in [-0.2, -0.15) is 0 Å². The summed E-state index contributed by atoms with van der Waals surface area (Å²) in [5.74, 6) is -0.127. The molecule has 1 amide bonds. The molecule has 3 heterocycles. The topological polar surface area (TPSA) is 103 Å². The van der Waals surface area contributed by atoms with E-state index < -0.39 is 0 Å². The van der Waals surface area contributed by atoms with Gasteiger partial charge in [-0.3, -0.25) is 14.0 Å². The predicted molar refractivity (Wildman–Crippen MR) is 123 cm³/mol. The lowest BCUT2D eigenvalue weighted by atomic mass is 10.1. The Morgan fingerprint density at radius 1 is 1.25 bits per heavy atom. The smallest absolute Gasteiger partial charge is 0.278 e. The monoisotopic (exact) mass is 432 g/mol. The lowest BCUT2D eigenvalue weighted by molar-refractivity contribution is -0.660. The number of pyridine rings is 2. The maximum absolute atomic E-state index is 13.3. The Hall–Kier alpha value is -3.78. The summed E-state index contributed by atoms with van der Waals surface area (Å²) in [6, 6.07) is 14.6. The SMILES string of the molecule is COCC[n+]1c(N)c(C(=O)N[C@@H](C)c2ccccc2)cc2c(=O)n3cccc(C)c3nc21. The van der Waals surface area contributed by atoms with Crippen molar-refractivity contribution in [2.24, 2.45) is 0 Å². The molecule has 8 nitrogen and oxygen atoms in total. The van der Waals surface area contributed by atoms with Crippen LogP contribution in [-0.4, -0.2) is 29.0 Å². The second-order valence-electron chi connectivity index (χ2n) is 7.73. The van der Waals surface area contributed by atoms with Gasteiger partial charge in [0, 0.05) is 18.9 Å². The molecule has 4 aromatic rings. The molecule has 164 valence electrons. The summed E-state index contributed by atoms with van der Waals surface area (Å²) < 4.78 is 8.39. The van der Waals surface area contributed by atoms with Gasteiger partial charge in [-0.05, 0) is 31.5 Å². The van der Waals surface area contributed by atoms with Crippen molar-refractivity contribution >= 4 is 28.4 Å². The summed E-state index contributed by atoms with van der Waals surface area (Å²) in [6.45, 7) is 4.49. The van der Waals surface area contributed by atoms with E-state index in [4.69, 9.17) is 15.5 Å². The number of nitrogens with two attached hydrogens (primary N) is 1. The lowest BCUT2D eigenvalue weighted by Gasteiger charge is -2.16. The molecule has 4 rings (SSSR count). The third-order valence-corrected chi connectivity index (χ3v) is 5.59. The number of nitrogens with one attached hydrogen (secondary N) is 1. The first-order valence-corrected chi connectivity index (χ1v) is 10.4. The molecule has 0 unspecified atom stereocenters. The zero-order valence-corrected chi connectivity index (χ0v) is 18.3. The average molecular weight is 433 g/mol. The van der Waals surface area contributed by atoms with Crippen molar-refractivity contribution in [1.29, 1.82) is 0 Å². The number of fused-ring (bicyclic) bond motifs is 2. The van der Waals surface area contributed by atoms with Crippen LogP contribution in [0, 0.1) is 6.92 Å². The Morgan fingerprint density at radius 3 is 2.72 bits per heavy atom. The molecular weight excluding hydrogens is 406 g/mol. The van der Waals surface area contributed by atoms with Crippen LogP contribution in [0.4, 0.5) is 5.82 Å². The third kappa shape index (κ3) is 3.80. The van der Waals surface area contributed by atoms with Crippen molar-refractivity contribution < 1.29 is 14.1 Å². The van der Waals surface area contributed by atoms with Gasteiger partial charge >= 0.3 is 0 Å². The minimum Gasteiger partial charge on any atom is -0.381 e. The summed E-state index contributed by atoms with van der Waals surface area (Å²) in [7, 11) is 1.58. The number of methoxy groups -OCH3 is 1. The van der Waals surface area contributed by atoms with E-state index >= 15 is 0 Å². The number of carbonyl (C=O) groups excluding carboxylic acids is 1. The molecule has 0 spiro atoms. The number of aryl methyl sites for hydroxylation is 1. The van der Waals surface area contributed by atoms with E-state index in [9.17, 15) is 9.59 Å². The Morgan fingerprint density at radius 2 is 2.00 bits per heavy atom. The fraction of sp³-hybridized carbons (Fsp3) is 0.250. The highest BCUT2D eigenvalue weighted by Crippen LogP contribution is 2.18. The van der Waals surface area contributed by atoms with Crippen LogP contribution < -0.4 is 21.2 Å². The molecular formula is C24H26N5O3+. The van der Waals surface area contributed by atoms with Crippen LogP contribution in [-0.2, 0) is 11.3 Å². The molecule has 0 aliphatic rings. The molecule has 0 bridgehead atoms. The summed E-state index contributed by atoms with van der Waals surface area (Å²) in [6.07, 6.45) is 1.67. The maximum Gasteiger partial charge on any atom is 0.278 e. The number of benzene rings is 1. The van der Waals surface area contributed by atoms with Gasteiger partial charge in [-0.1, -0.05) is 41.4 Å². The number of amides is 1. The first-order valence-electron chi connectivity index (χ1n) is 10.4. The molecule has 3 N–H and O–H groups in total. The van der Waals surface area contributed by atoms with E-state index in [-0.39, 0.29) is 28.9 Å². The highest BCUT2D eigenvalue weighted by molar-refractivity contribution is 6.00. The molecule has 0 radical (unpaired) electrons. The highest BCUT2D eigenvalue weighted by atomic mass is 16.5. The lowest BCUT2D eigenvalue weighted by Crippen LogP contribution is -2.44. The standard InChI is InChI=1S/C24H25N5O3/c1-15-8-7-11-29-21(15)27-22-19(24(29)31)14-18(20(25)28(22)12-13-32-3)23(30)26-16(2)17-9-5-4-6-10-17/h4-11,14,16,25H,12-13H2,1-3H3,(H,26,30)/p+1/t16-/m0/s1. The van der Waals surface area contributed by atoms with Crippen LogP contribution in [0.25, 0.3) is 16.7 Å². The van der Waals surface area contributed by atoms with E-state index in [2.05, 4.69) is 5.32 Å². The number of nitrogens with zero attached hydrogens (tertiary/aromatic N) is 3. The number of hydrogen-bond donors (Lipinski definition) is 2. The van der Waals surface area contributed by atoms with Crippen LogP contribution in [0.1, 0.15) is 34.5 Å². The van der Waals surface area contributed by atoms with Crippen LogP contribution in [0.15, 0.2) is 59.5 Å². The second kappa shape index (κ2) is 8.76. The molecule has 0 aliphatic heterocycles. The number of rotatable bonds is 6. The Kier molecular flexibility index (Phi) is 5.87. The zero-order valence-electron chi connectivity index (χ0n) is 18.3. The van der Waals surface area contributed by atoms with E-state index in [0.717, 1.165) is 11.1 Å². The van der Waals surface area contributed by atoms with Gasteiger partial charge in [0.1, 0.15) is 10.9 Å². The zero-order chi connectivity index (χ0) is 22.8. The van der Waals surface area contributed by atoms with E-state index in [1.807, 2.05) is 50.2 Å². The first-order chi connectivity index (χ1) is 15.4. The first kappa shape index (κ1) is 21.5. The normalized spacial score (nSPS) is 12.2. The van der Waals surface area contributed by atoms with E-state index in [1.165, 1.54) is 10.5 Å². The Balaban J connectivity index is 1.88. The summed E-state index contributed by atoms with van der Waals surface area (Å²) >= 11 is 0. The number of nitrogen functional groups attached to an aromatic ring is 1. The molecule has 1 aromatic carbocycles. The fourth-order valence-corrected chi connectivity index (χ4v) is 3.80. The number of anilines is 1. The van der Waals surface area contributed by atoms with Crippen molar-refractivity contribution in [3.8, 4) is 0 Å². The van der Waals surface area contributed by atoms with Gasteiger partial charge in [-0.25, -0.2) is 4.57 Å². The Labute approximate surface area is 185 Å². The van der Waals surface area contributed by atoms with Gasteiger partial charge in [0.05, 0.1) is 19.2 Å². The second-order valence-corrected chi connectivity index (χ2v) is 7.73. The van der Waals surface area contributed by atoms with Gasteiger partial charge in [-0.15, -0.1) is 0 Å². The molecule has 32 heavy (non-hydrogen) atoms. The van der Waals surface area contributed by atoms with Crippen molar-refractivity contribution in [1.82, 2.24) is 14.7 Å². The Bertz CT molecular complexity index is 1370. The maximum atomic E-state index is 13.3. The van der Waals surface area contributed by atoms with Crippen molar-refractivity contribution in [2.75, 3.05) is 19.5 Å². The van der Waals surface area contributed by atoms with Crippen LogP contribution >= 0.6 is 0 Å². The van der Waals surface area contributed by atoms with E-state index in [1.54, 1.807) is 23.9 Å². The molecule has 0 saturated carbocycles. The van der Waals surface area contributed by atoms with Gasteiger partial charge < -0.3 is 15.8 Å². The summed E-state index contributed by atoms with van der Waals surface area (Å²) in [5, 5.41) is 3.29. The largest absolute Gasteiger partial charge is 0.381 e. The van der Waals surface area contributed by atoms with Gasteiger partial charge in [0.15, 0.2) is 0 Å². The average Bonchev–Trinajstić information content (AvgIpc) is 2.79. The summed E-state index contributed by atoms with van der Waals surface area (Å²) in [5.41, 5.74) is 9.20. The number of aromatic nitrogens is 3. The number of carbonyl (C=O) groups is 1. The highest BCUT2D eigenvalue weighted by Gasteiger charge is 2.25. The minimum atomic E-state index is -0.361. The van der Waals surface area contributed by atoms with Crippen LogP contribution in [0.5, 0.6) is 0 Å². The molecule has 8 heteroatoms. The predicted octanol–water partition coefficient (Wildman–Crippen LogP) is 2.16. The molecule has 0 saturated heterocycles. The van der Waals surface area contributed by atoms with Crippen LogP contribution in [0.2, 0.25) is 0 Å². The molecule has 0 fully saturated rings. The number of ether oxygens (including phenoxy) is 1. The molecule has 1 atom stereocenters. The molecule has 0 aliphatic carbocycles. The minimum absolute atomic E-state index is 0.225. The van der Waals surface area contributed by atoms with Crippen molar-refractivity contribution in [3.05, 3.63) is 81.8 Å². The van der Waals surface area contributed by atoms with Gasteiger partial charge in [0.25, 0.3) is 17.1 Å². The number of hydrogen-bond acceptors (Lipinski definition) is 5. The summed E-state index contributed by atoms with van der Waals surface area (Å²) in [4.78, 5) is 31.2. The molecule has 3 aromatic heterocycles. The van der Waals surface area contributed by atoms with Crippen molar-refractivity contribution in [2.45, 2.75) is 26.4 Å². The third-order valence-electron chi connectivity index (χ3n) is 5.59. The van der Waals surface area contributed by atoms with Gasteiger partial charge in [0.2, 0.25) is 11.5 Å². The quantitative estimate of drug-likeness (QED) is 0.359.